The molecule has 19 heavy (non-hydrogen) atoms. The van der Waals surface area contributed by atoms with E-state index in [2.05, 4.69) is 30.4 Å². The van der Waals surface area contributed by atoms with E-state index in [1.165, 1.54) is 24.3 Å². The van der Waals surface area contributed by atoms with Crippen LogP contribution in [0.4, 0.5) is 5.69 Å². The molecule has 0 N–H and O–H groups in total. The van der Waals surface area contributed by atoms with E-state index in [4.69, 9.17) is 0 Å². The Hall–Kier alpha value is -1.64. The summed E-state index contributed by atoms with van der Waals surface area (Å²) in [5, 5.41) is 4.57. The summed E-state index contributed by atoms with van der Waals surface area (Å²) in [7, 11) is 0. The van der Waals surface area contributed by atoms with Crippen LogP contribution < -0.4 is 5.01 Å². The van der Waals surface area contributed by atoms with Gasteiger partial charge in [-0.15, -0.1) is 4.91 Å². The minimum Gasteiger partial charge on any atom is -0.229 e. The van der Waals surface area contributed by atoms with Crippen LogP contribution in [-0.2, 0) is 6.42 Å². The van der Waals surface area contributed by atoms with E-state index in [0.717, 1.165) is 24.1 Å². The van der Waals surface area contributed by atoms with Gasteiger partial charge in [0.1, 0.15) is 0 Å². The van der Waals surface area contributed by atoms with Gasteiger partial charge in [0, 0.05) is 6.54 Å². The Morgan fingerprint density at radius 2 is 1.95 bits per heavy atom. The number of unbranched alkanes of at least 4 members (excludes halogenated alkanes) is 3. The standard InChI is InChI=1S/C16H24N2O/c1-3-5-6-7-8-9-12-15-13-10-11-14-16(15)18(4-2)17-19/h8-11,13-14H,3-7,12H2,1-2H3/b9-8+. The first-order valence-electron chi connectivity index (χ1n) is 7.17. The fraction of sp³-hybridized carbons (Fsp3) is 0.500. The number of nitrogens with zero attached hydrogens (tertiary/aromatic N) is 2. The topological polar surface area (TPSA) is 32.7 Å². The summed E-state index contributed by atoms with van der Waals surface area (Å²) in [6, 6.07) is 7.95. The summed E-state index contributed by atoms with van der Waals surface area (Å²) in [6.07, 6.45) is 10.2. The Morgan fingerprint density at radius 3 is 2.63 bits per heavy atom. The zero-order chi connectivity index (χ0) is 13.9. The van der Waals surface area contributed by atoms with Gasteiger partial charge in [-0.25, -0.2) is 5.01 Å². The number of benzene rings is 1. The second-order valence-electron chi connectivity index (χ2n) is 4.60. The summed E-state index contributed by atoms with van der Waals surface area (Å²) in [6.45, 7) is 4.74. The SMILES string of the molecule is CCCCC/C=C/Cc1ccccc1N(CC)N=O. The molecule has 104 valence electrons. The monoisotopic (exact) mass is 260 g/mol. The fourth-order valence-electron chi connectivity index (χ4n) is 2.05. The second-order valence-corrected chi connectivity index (χ2v) is 4.60. The Morgan fingerprint density at radius 1 is 1.16 bits per heavy atom. The minimum atomic E-state index is 0.598. The highest BCUT2D eigenvalue weighted by atomic mass is 16.3. The van der Waals surface area contributed by atoms with E-state index in [1.54, 1.807) is 0 Å². The largest absolute Gasteiger partial charge is 0.229 e. The molecule has 0 bridgehead atoms. The molecule has 1 aromatic carbocycles. The van der Waals surface area contributed by atoms with Crippen LogP contribution in [0.3, 0.4) is 0 Å². The number of anilines is 1. The number of hydrogen-bond donors (Lipinski definition) is 0. The van der Waals surface area contributed by atoms with E-state index in [1.807, 2.05) is 25.1 Å². The maximum atomic E-state index is 10.8. The molecule has 0 saturated carbocycles. The highest BCUT2D eigenvalue weighted by Gasteiger charge is 2.07. The van der Waals surface area contributed by atoms with Gasteiger partial charge in [0.05, 0.1) is 11.0 Å². The number of para-hydroxylation sites is 1. The van der Waals surface area contributed by atoms with Gasteiger partial charge in [0.25, 0.3) is 0 Å². The molecule has 0 saturated heterocycles. The summed E-state index contributed by atoms with van der Waals surface area (Å²) in [5.41, 5.74) is 2.06. The van der Waals surface area contributed by atoms with E-state index < -0.39 is 0 Å². The van der Waals surface area contributed by atoms with Gasteiger partial charge in [0.2, 0.25) is 0 Å². The third-order valence-corrected chi connectivity index (χ3v) is 3.15. The van der Waals surface area contributed by atoms with Gasteiger partial charge in [-0.3, -0.25) is 0 Å². The summed E-state index contributed by atoms with van der Waals surface area (Å²) in [5.74, 6) is 0. The molecule has 1 rings (SSSR count). The van der Waals surface area contributed by atoms with E-state index in [0.29, 0.717) is 6.54 Å². The van der Waals surface area contributed by atoms with Crippen LogP contribution in [0.1, 0.15) is 45.1 Å². The first-order valence-corrected chi connectivity index (χ1v) is 7.17. The van der Waals surface area contributed by atoms with Crippen LogP contribution in [0.5, 0.6) is 0 Å². The predicted octanol–water partition coefficient (Wildman–Crippen LogP) is 4.87. The Labute approximate surface area is 116 Å². The third-order valence-electron chi connectivity index (χ3n) is 3.15. The van der Waals surface area contributed by atoms with Crippen LogP contribution in [0.2, 0.25) is 0 Å². The molecule has 0 fully saturated rings. The molecule has 0 unspecified atom stereocenters. The molecule has 0 aliphatic heterocycles. The van der Waals surface area contributed by atoms with Crippen molar-refractivity contribution in [2.75, 3.05) is 11.6 Å². The lowest BCUT2D eigenvalue weighted by molar-refractivity contribution is 0.728. The number of nitroso groups, excluding NO2 is 1. The number of hydrogen-bond acceptors (Lipinski definition) is 2. The highest BCUT2D eigenvalue weighted by molar-refractivity contribution is 5.53. The molecule has 0 aliphatic carbocycles. The molecule has 0 amide bonds. The molecule has 0 atom stereocenters. The van der Waals surface area contributed by atoms with Gasteiger partial charge in [-0.05, 0) is 37.8 Å². The molecular weight excluding hydrogens is 236 g/mol. The van der Waals surface area contributed by atoms with E-state index in [-0.39, 0.29) is 0 Å². The number of rotatable bonds is 9. The van der Waals surface area contributed by atoms with Gasteiger partial charge in [-0.1, -0.05) is 50.1 Å². The van der Waals surface area contributed by atoms with E-state index in [9.17, 15) is 4.91 Å². The number of allylic oxidation sites excluding steroid dienone is 2. The van der Waals surface area contributed by atoms with Gasteiger partial charge in [-0.2, -0.15) is 0 Å². The van der Waals surface area contributed by atoms with Crippen LogP contribution in [-0.4, -0.2) is 6.54 Å². The van der Waals surface area contributed by atoms with Crippen molar-refractivity contribution in [2.24, 2.45) is 5.29 Å². The van der Waals surface area contributed by atoms with Crippen molar-refractivity contribution in [3.8, 4) is 0 Å². The molecule has 0 aliphatic rings. The predicted molar refractivity (Wildman–Crippen MR) is 82.2 cm³/mol. The van der Waals surface area contributed by atoms with Crippen molar-refractivity contribution in [1.82, 2.24) is 0 Å². The third kappa shape index (κ3) is 5.25. The molecule has 0 aromatic heterocycles. The maximum absolute atomic E-state index is 10.8. The fourth-order valence-corrected chi connectivity index (χ4v) is 2.05. The Bertz CT molecular complexity index is 401. The molecule has 3 heteroatoms. The lowest BCUT2D eigenvalue weighted by atomic mass is 10.1. The van der Waals surface area contributed by atoms with Gasteiger partial charge >= 0.3 is 0 Å². The minimum absolute atomic E-state index is 0.598. The normalized spacial score (nSPS) is 10.8. The quantitative estimate of drug-likeness (QED) is 0.274. The van der Waals surface area contributed by atoms with E-state index >= 15 is 0 Å². The lowest BCUT2D eigenvalue weighted by Crippen LogP contribution is -2.15. The maximum Gasteiger partial charge on any atom is 0.0661 e. The Kier molecular flexibility index (Phi) is 7.56. The van der Waals surface area contributed by atoms with Crippen molar-refractivity contribution in [3.63, 3.8) is 0 Å². The molecule has 0 radical (unpaired) electrons. The van der Waals surface area contributed by atoms with Crippen molar-refractivity contribution in [3.05, 3.63) is 46.9 Å². The lowest BCUT2D eigenvalue weighted by Gasteiger charge is -2.16. The van der Waals surface area contributed by atoms with Crippen LogP contribution in [0, 0.1) is 4.91 Å². The second kappa shape index (κ2) is 9.31. The molecule has 0 heterocycles. The average molecular weight is 260 g/mol. The molecule has 0 spiro atoms. The zero-order valence-corrected chi connectivity index (χ0v) is 12.0. The smallest absolute Gasteiger partial charge is 0.0661 e. The molecule has 3 nitrogen and oxygen atoms in total. The van der Waals surface area contributed by atoms with Crippen LogP contribution in [0.25, 0.3) is 0 Å². The average Bonchev–Trinajstić information content (AvgIpc) is 2.45. The first-order chi connectivity index (χ1) is 9.33. The first kappa shape index (κ1) is 15.4. The Balaban J connectivity index is 2.60. The summed E-state index contributed by atoms with van der Waals surface area (Å²) >= 11 is 0. The zero-order valence-electron chi connectivity index (χ0n) is 12.0. The summed E-state index contributed by atoms with van der Waals surface area (Å²) in [4.78, 5) is 10.8. The van der Waals surface area contributed by atoms with Crippen LogP contribution >= 0.6 is 0 Å². The van der Waals surface area contributed by atoms with Gasteiger partial charge in [0.15, 0.2) is 0 Å². The summed E-state index contributed by atoms with van der Waals surface area (Å²) < 4.78 is 0. The highest BCUT2D eigenvalue weighted by Crippen LogP contribution is 2.21. The van der Waals surface area contributed by atoms with Crippen molar-refractivity contribution < 1.29 is 0 Å². The van der Waals surface area contributed by atoms with Crippen LogP contribution in [0.15, 0.2) is 41.7 Å². The van der Waals surface area contributed by atoms with Crippen molar-refractivity contribution >= 4 is 5.69 Å². The van der Waals surface area contributed by atoms with Crippen molar-refractivity contribution in [2.45, 2.75) is 46.0 Å². The molecular formula is C16H24N2O. The van der Waals surface area contributed by atoms with Gasteiger partial charge < -0.3 is 0 Å². The van der Waals surface area contributed by atoms with Crippen molar-refractivity contribution in [1.29, 1.82) is 0 Å². The molecule has 1 aromatic rings.